The number of aromatic nitrogens is 2. The second-order valence-electron chi connectivity index (χ2n) is 8.20. The van der Waals surface area contributed by atoms with Crippen LogP contribution in [0.4, 0.5) is 17.5 Å². The number of piperazine rings is 1. The first-order chi connectivity index (χ1) is 16.6. The van der Waals surface area contributed by atoms with Gasteiger partial charge >= 0.3 is 0 Å². The van der Waals surface area contributed by atoms with E-state index in [9.17, 15) is 0 Å². The van der Waals surface area contributed by atoms with E-state index in [2.05, 4.69) is 88.2 Å². The van der Waals surface area contributed by atoms with Crippen LogP contribution in [0, 0.1) is 13.8 Å². The Balaban J connectivity index is 0.00000133. The lowest BCUT2D eigenvalue weighted by Gasteiger charge is -2.34. The molecule has 0 saturated carbocycles. The molecule has 6 heteroatoms. The molecule has 1 aliphatic heterocycles. The zero-order valence-corrected chi connectivity index (χ0v) is 21.3. The van der Waals surface area contributed by atoms with Gasteiger partial charge in [0.1, 0.15) is 5.82 Å². The van der Waals surface area contributed by atoms with E-state index in [0.29, 0.717) is 0 Å². The van der Waals surface area contributed by atoms with Gasteiger partial charge in [0.05, 0.1) is 0 Å². The minimum absolute atomic E-state index is 0.799. The van der Waals surface area contributed by atoms with Crippen LogP contribution in [-0.4, -0.2) is 40.5 Å². The van der Waals surface area contributed by atoms with Crippen molar-refractivity contribution < 1.29 is 0 Å². The van der Waals surface area contributed by atoms with E-state index in [1.165, 1.54) is 21.2 Å². The maximum Gasteiger partial charge on any atom is 0.227 e. The lowest BCUT2D eigenvalue weighted by atomic mass is 10.1. The van der Waals surface area contributed by atoms with Gasteiger partial charge in [0.15, 0.2) is 0 Å². The zero-order chi connectivity index (χ0) is 23.9. The number of fused-ring (bicyclic) bond motifs is 1. The number of aryl methyl sites for hydroxylation is 2. The smallest absolute Gasteiger partial charge is 0.227 e. The Hall–Kier alpha value is -3.09. The molecule has 0 radical (unpaired) electrons. The molecule has 1 N–H and O–H groups in total. The van der Waals surface area contributed by atoms with Crippen LogP contribution in [0.25, 0.3) is 10.8 Å². The summed E-state index contributed by atoms with van der Waals surface area (Å²) in [5.74, 6) is 1.63. The average molecular weight is 472 g/mol. The number of rotatable bonds is 5. The maximum atomic E-state index is 4.83. The highest BCUT2D eigenvalue weighted by Crippen LogP contribution is 2.26. The fourth-order valence-corrected chi connectivity index (χ4v) is 4.80. The molecule has 5 nitrogen and oxygen atoms in total. The molecule has 34 heavy (non-hydrogen) atoms. The quantitative estimate of drug-likeness (QED) is 0.321. The highest BCUT2D eigenvalue weighted by molar-refractivity contribution is 7.97. The Kier molecular flexibility index (Phi) is 8.03. The minimum atomic E-state index is 0.799. The van der Waals surface area contributed by atoms with Gasteiger partial charge in [-0.15, -0.1) is 0 Å². The zero-order valence-electron chi connectivity index (χ0n) is 20.5. The number of hydrogen-bond donors (Lipinski definition) is 1. The van der Waals surface area contributed by atoms with Crippen molar-refractivity contribution in [3.63, 3.8) is 0 Å². The first kappa shape index (κ1) is 24.0. The second kappa shape index (κ2) is 11.4. The van der Waals surface area contributed by atoms with Crippen LogP contribution in [0.1, 0.15) is 25.1 Å². The molecule has 0 spiro atoms. The molecule has 1 fully saturated rings. The molecule has 1 saturated heterocycles. The van der Waals surface area contributed by atoms with Crippen molar-refractivity contribution in [2.75, 3.05) is 36.4 Å². The van der Waals surface area contributed by atoms with E-state index >= 15 is 0 Å². The van der Waals surface area contributed by atoms with Crippen molar-refractivity contribution in [2.24, 2.45) is 0 Å². The molecule has 0 unspecified atom stereocenters. The Bertz CT molecular complexity index is 1220. The summed E-state index contributed by atoms with van der Waals surface area (Å²) in [7, 11) is 0. The van der Waals surface area contributed by atoms with Crippen LogP contribution in [0.2, 0.25) is 0 Å². The van der Waals surface area contributed by atoms with E-state index in [4.69, 9.17) is 9.97 Å². The summed E-state index contributed by atoms with van der Waals surface area (Å²) < 4.78 is 2.42. The SMILES string of the molecule is CC.Cc1ccc(SN2CCN(c3nc(C)cc(Nc4ccc5ccccc5c4)n3)CC2)cc1. The highest BCUT2D eigenvalue weighted by Gasteiger charge is 2.20. The summed E-state index contributed by atoms with van der Waals surface area (Å²) in [6.07, 6.45) is 0. The van der Waals surface area contributed by atoms with E-state index < -0.39 is 0 Å². The first-order valence-corrected chi connectivity index (χ1v) is 12.8. The lowest BCUT2D eigenvalue weighted by molar-refractivity contribution is 0.426. The van der Waals surface area contributed by atoms with E-state index in [-0.39, 0.29) is 0 Å². The standard InChI is InChI=1S/C26H27N5S.C2H6/c1-19-7-11-24(12-8-19)32-31-15-13-30(14-16-31)26-27-20(2)17-25(29-26)28-23-10-9-21-5-3-4-6-22(21)18-23;1-2/h3-12,17-18H,13-16H2,1-2H3,(H,27,28,29);1-2H3. The van der Waals surface area contributed by atoms with Gasteiger partial charge in [-0.3, -0.25) is 0 Å². The van der Waals surface area contributed by atoms with Gasteiger partial charge in [-0.25, -0.2) is 9.29 Å². The van der Waals surface area contributed by atoms with Crippen molar-refractivity contribution in [1.82, 2.24) is 14.3 Å². The molecule has 0 aliphatic carbocycles. The predicted molar refractivity (Wildman–Crippen MR) is 146 cm³/mol. The topological polar surface area (TPSA) is 44.3 Å². The van der Waals surface area contributed by atoms with Crippen molar-refractivity contribution in [3.8, 4) is 0 Å². The molecule has 176 valence electrons. The normalized spacial score (nSPS) is 13.9. The number of nitrogens with zero attached hydrogens (tertiary/aromatic N) is 4. The minimum Gasteiger partial charge on any atom is -0.340 e. The van der Waals surface area contributed by atoms with E-state index in [1.807, 2.05) is 38.8 Å². The van der Waals surface area contributed by atoms with Crippen LogP contribution in [0.15, 0.2) is 77.7 Å². The molecule has 3 aromatic carbocycles. The van der Waals surface area contributed by atoms with Crippen molar-refractivity contribution >= 4 is 40.2 Å². The molecule has 1 aliphatic rings. The number of benzene rings is 3. The molecular formula is C28H33N5S. The van der Waals surface area contributed by atoms with Crippen molar-refractivity contribution in [1.29, 1.82) is 0 Å². The summed E-state index contributed by atoms with van der Waals surface area (Å²) in [6, 6.07) is 25.5. The molecule has 0 bridgehead atoms. The number of nitrogens with one attached hydrogen (secondary N) is 1. The van der Waals surface area contributed by atoms with Crippen LogP contribution in [0.3, 0.4) is 0 Å². The van der Waals surface area contributed by atoms with Crippen LogP contribution < -0.4 is 10.2 Å². The molecule has 4 aromatic rings. The summed E-state index contributed by atoms with van der Waals surface area (Å²) >= 11 is 1.83. The first-order valence-electron chi connectivity index (χ1n) is 12.0. The molecule has 1 aromatic heterocycles. The number of anilines is 3. The number of hydrogen-bond acceptors (Lipinski definition) is 6. The maximum absolute atomic E-state index is 4.83. The fourth-order valence-electron chi connectivity index (χ4n) is 3.90. The highest BCUT2D eigenvalue weighted by atomic mass is 32.2. The Morgan fingerprint density at radius 1 is 0.765 bits per heavy atom. The average Bonchev–Trinajstić information content (AvgIpc) is 2.87. The van der Waals surface area contributed by atoms with Gasteiger partial charge in [0.25, 0.3) is 0 Å². The Morgan fingerprint density at radius 3 is 2.21 bits per heavy atom. The van der Waals surface area contributed by atoms with Gasteiger partial charge in [-0.2, -0.15) is 4.98 Å². The molecule has 0 atom stereocenters. The monoisotopic (exact) mass is 471 g/mol. The lowest BCUT2D eigenvalue weighted by Crippen LogP contribution is -2.44. The van der Waals surface area contributed by atoms with Gasteiger partial charge in [-0.05, 0) is 60.8 Å². The van der Waals surface area contributed by atoms with Crippen molar-refractivity contribution in [2.45, 2.75) is 32.6 Å². The molecule has 0 amide bonds. The predicted octanol–water partition coefficient (Wildman–Crippen LogP) is 6.85. The Morgan fingerprint density at radius 2 is 1.47 bits per heavy atom. The molecular weight excluding hydrogens is 438 g/mol. The van der Waals surface area contributed by atoms with E-state index in [0.717, 1.165) is 49.3 Å². The third-order valence-corrected chi connectivity index (χ3v) is 6.75. The third-order valence-electron chi connectivity index (χ3n) is 5.64. The van der Waals surface area contributed by atoms with Crippen LogP contribution in [0.5, 0.6) is 0 Å². The van der Waals surface area contributed by atoms with Gasteiger partial charge in [-0.1, -0.05) is 61.9 Å². The fraction of sp³-hybridized carbons (Fsp3) is 0.286. The van der Waals surface area contributed by atoms with Gasteiger partial charge < -0.3 is 10.2 Å². The summed E-state index contributed by atoms with van der Waals surface area (Å²) in [6.45, 7) is 11.9. The third kappa shape index (κ3) is 6.07. The van der Waals surface area contributed by atoms with E-state index in [1.54, 1.807) is 0 Å². The van der Waals surface area contributed by atoms with Gasteiger partial charge in [0.2, 0.25) is 5.95 Å². The second-order valence-corrected chi connectivity index (χ2v) is 9.37. The summed E-state index contributed by atoms with van der Waals surface area (Å²) in [5, 5.41) is 5.92. The largest absolute Gasteiger partial charge is 0.340 e. The van der Waals surface area contributed by atoms with Gasteiger partial charge in [0, 0.05) is 48.5 Å². The van der Waals surface area contributed by atoms with Crippen molar-refractivity contribution in [3.05, 3.63) is 84.1 Å². The van der Waals surface area contributed by atoms with Crippen LogP contribution >= 0.6 is 11.9 Å². The molecule has 2 heterocycles. The Labute approximate surface area is 207 Å². The summed E-state index contributed by atoms with van der Waals surface area (Å²) in [4.78, 5) is 13.1. The summed E-state index contributed by atoms with van der Waals surface area (Å²) in [5.41, 5.74) is 3.30. The molecule has 5 rings (SSSR count). The van der Waals surface area contributed by atoms with Crippen LogP contribution in [-0.2, 0) is 0 Å².